The predicted octanol–water partition coefficient (Wildman–Crippen LogP) is 5.76. The Morgan fingerprint density at radius 3 is 2.33 bits per heavy atom. The molecule has 0 aliphatic carbocycles. The van der Waals surface area contributed by atoms with Crippen molar-refractivity contribution in [3.8, 4) is 23.0 Å². The van der Waals surface area contributed by atoms with E-state index in [0.717, 1.165) is 19.1 Å². The van der Waals surface area contributed by atoms with Gasteiger partial charge in [0, 0.05) is 37.2 Å². The highest BCUT2D eigenvalue weighted by Gasteiger charge is 2.31. The number of esters is 2. The number of hydrogen-bond acceptors (Lipinski definition) is 9. The summed E-state index contributed by atoms with van der Waals surface area (Å²) in [5.41, 5.74) is -0.0359. The van der Waals surface area contributed by atoms with Gasteiger partial charge >= 0.3 is 11.9 Å². The Bertz CT molecular complexity index is 1390. The Morgan fingerprint density at radius 2 is 1.69 bits per heavy atom. The quantitative estimate of drug-likeness (QED) is 0.171. The molecule has 0 saturated heterocycles. The van der Waals surface area contributed by atoms with E-state index in [4.69, 9.17) is 23.7 Å². The number of ether oxygens (including phenoxy) is 5. The van der Waals surface area contributed by atoms with E-state index in [-0.39, 0.29) is 34.9 Å². The SMILES string of the molecule is COc1ccnc(C(=O)C[C@@H](C)C(=O)O[C@@H](C)[C@H](Oc2ccccc2)c2ccc(F)cc2OCC(F)F)c1OC(C)=O. The number of nitrogens with zero attached hydrogens (tertiary/aromatic N) is 1. The third-order valence-electron chi connectivity index (χ3n) is 5.87. The predicted molar refractivity (Wildman–Crippen MR) is 143 cm³/mol. The van der Waals surface area contributed by atoms with Crippen molar-refractivity contribution in [2.75, 3.05) is 13.7 Å². The fraction of sp³-hybridized carbons (Fsp3) is 0.333. The molecule has 224 valence electrons. The number of hydrogen-bond donors (Lipinski definition) is 0. The second-order valence-corrected chi connectivity index (χ2v) is 9.19. The van der Waals surface area contributed by atoms with E-state index in [1.54, 1.807) is 30.3 Å². The van der Waals surface area contributed by atoms with Crippen LogP contribution in [-0.4, -0.2) is 49.0 Å². The maximum Gasteiger partial charge on any atom is 0.309 e. The lowest BCUT2D eigenvalue weighted by atomic mass is 10.0. The minimum absolute atomic E-state index is 0.109. The summed E-state index contributed by atoms with van der Waals surface area (Å²) in [4.78, 5) is 41.7. The Hall–Kier alpha value is -4.61. The summed E-state index contributed by atoms with van der Waals surface area (Å²) in [6, 6.07) is 13.2. The van der Waals surface area contributed by atoms with Gasteiger partial charge < -0.3 is 23.7 Å². The summed E-state index contributed by atoms with van der Waals surface area (Å²) in [5, 5.41) is 0. The van der Waals surface area contributed by atoms with Gasteiger partial charge in [-0.1, -0.05) is 25.1 Å². The maximum atomic E-state index is 14.0. The fourth-order valence-corrected chi connectivity index (χ4v) is 3.93. The molecule has 1 aromatic heterocycles. The molecule has 42 heavy (non-hydrogen) atoms. The summed E-state index contributed by atoms with van der Waals surface area (Å²) < 4.78 is 66.9. The number of Topliss-reactive ketones (excluding diaryl/α,β-unsaturated/α-hetero) is 1. The first-order chi connectivity index (χ1) is 20.0. The molecule has 2 aromatic carbocycles. The second-order valence-electron chi connectivity index (χ2n) is 9.19. The van der Waals surface area contributed by atoms with Crippen molar-refractivity contribution in [1.82, 2.24) is 4.98 Å². The van der Waals surface area contributed by atoms with Gasteiger partial charge in [0.15, 0.2) is 23.3 Å². The molecule has 0 aliphatic heterocycles. The fourth-order valence-electron chi connectivity index (χ4n) is 3.93. The van der Waals surface area contributed by atoms with Crippen LogP contribution in [-0.2, 0) is 14.3 Å². The van der Waals surface area contributed by atoms with Crippen molar-refractivity contribution in [3.05, 3.63) is 77.9 Å². The van der Waals surface area contributed by atoms with Crippen molar-refractivity contribution < 1.29 is 51.2 Å². The summed E-state index contributed by atoms with van der Waals surface area (Å²) in [7, 11) is 1.33. The van der Waals surface area contributed by atoms with Gasteiger partial charge in [-0.05, 0) is 31.2 Å². The van der Waals surface area contributed by atoms with Crippen molar-refractivity contribution >= 4 is 17.7 Å². The molecule has 0 amide bonds. The van der Waals surface area contributed by atoms with Crippen LogP contribution in [0.1, 0.15) is 49.3 Å². The van der Waals surface area contributed by atoms with Gasteiger partial charge in [0.1, 0.15) is 30.0 Å². The Labute approximate surface area is 240 Å². The van der Waals surface area contributed by atoms with Crippen LogP contribution in [0.2, 0.25) is 0 Å². The Balaban J connectivity index is 1.83. The van der Waals surface area contributed by atoms with E-state index < -0.39 is 54.7 Å². The number of carbonyl (C=O) groups is 3. The molecule has 0 bridgehead atoms. The van der Waals surface area contributed by atoms with E-state index in [2.05, 4.69) is 4.98 Å². The van der Waals surface area contributed by atoms with Crippen molar-refractivity contribution in [2.24, 2.45) is 5.92 Å². The lowest BCUT2D eigenvalue weighted by molar-refractivity contribution is -0.157. The average molecular weight is 590 g/mol. The maximum absolute atomic E-state index is 14.0. The van der Waals surface area contributed by atoms with Gasteiger partial charge in [0.2, 0.25) is 5.75 Å². The number of benzene rings is 2. The lowest BCUT2D eigenvalue weighted by Gasteiger charge is -2.28. The minimum atomic E-state index is -2.82. The number of pyridine rings is 1. The zero-order valence-electron chi connectivity index (χ0n) is 23.3. The van der Waals surface area contributed by atoms with Crippen LogP contribution in [0, 0.1) is 11.7 Å². The number of alkyl halides is 2. The van der Waals surface area contributed by atoms with Gasteiger partial charge in [-0.25, -0.2) is 18.2 Å². The molecule has 0 unspecified atom stereocenters. The van der Waals surface area contributed by atoms with Gasteiger partial charge in [-0.15, -0.1) is 0 Å². The highest BCUT2D eigenvalue weighted by molar-refractivity contribution is 5.99. The van der Waals surface area contributed by atoms with Crippen LogP contribution in [0.3, 0.4) is 0 Å². The number of halogens is 3. The van der Waals surface area contributed by atoms with E-state index in [0.29, 0.717) is 5.75 Å². The van der Waals surface area contributed by atoms with Crippen LogP contribution < -0.4 is 18.9 Å². The molecule has 3 atom stereocenters. The smallest absolute Gasteiger partial charge is 0.309 e. The number of aromatic nitrogens is 1. The van der Waals surface area contributed by atoms with Crippen molar-refractivity contribution in [2.45, 2.75) is 45.8 Å². The lowest BCUT2D eigenvalue weighted by Crippen LogP contribution is -2.30. The van der Waals surface area contributed by atoms with Gasteiger partial charge in [-0.3, -0.25) is 14.4 Å². The molecule has 0 spiro atoms. The van der Waals surface area contributed by atoms with Gasteiger partial charge in [-0.2, -0.15) is 0 Å². The molecule has 0 N–H and O–H groups in total. The zero-order valence-corrected chi connectivity index (χ0v) is 23.3. The monoisotopic (exact) mass is 589 g/mol. The topological polar surface area (TPSA) is 110 Å². The first kappa shape index (κ1) is 31.9. The van der Waals surface area contributed by atoms with E-state index in [9.17, 15) is 27.6 Å². The third kappa shape index (κ3) is 8.69. The first-order valence-electron chi connectivity index (χ1n) is 12.9. The molecular formula is C30H30F3NO8. The zero-order chi connectivity index (χ0) is 30.8. The van der Waals surface area contributed by atoms with Crippen molar-refractivity contribution in [3.63, 3.8) is 0 Å². The van der Waals surface area contributed by atoms with Gasteiger partial charge in [0.25, 0.3) is 6.43 Å². The number of methoxy groups -OCH3 is 1. The van der Waals surface area contributed by atoms with Crippen LogP contribution in [0.5, 0.6) is 23.0 Å². The highest BCUT2D eigenvalue weighted by atomic mass is 19.3. The molecule has 3 rings (SSSR count). The summed E-state index contributed by atoms with van der Waals surface area (Å²) in [6.07, 6.45) is -4.04. The molecule has 12 heteroatoms. The van der Waals surface area contributed by atoms with Gasteiger partial charge in [0.05, 0.1) is 13.0 Å². The number of ketones is 1. The molecule has 0 fully saturated rings. The van der Waals surface area contributed by atoms with Crippen LogP contribution in [0.15, 0.2) is 60.8 Å². The van der Waals surface area contributed by atoms with Crippen molar-refractivity contribution in [1.29, 1.82) is 0 Å². The molecule has 1 heterocycles. The summed E-state index contributed by atoms with van der Waals surface area (Å²) in [5.74, 6) is -3.71. The summed E-state index contributed by atoms with van der Waals surface area (Å²) in [6.45, 7) is 3.13. The number of para-hydroxylation sites is 1. The molecule has 0 saturated carbocycles. The Morgan fingerprint density at radius 1 is 0.976 bits per heavy atom. The molecular weight excluding hydrogens is 559 g/mol. The second kappa shape index (κ2) is 14.9. The van der Waals surface area contributed by atoms with Crippen LogP contribution >= 0.6 is 0 Å². The summed E-state index contributed by atoms with van der Waals surface area (Å²) >= 11 is 0. The largest absolute Gasteiger partial charge is 0.493 e. The molecule has 3 aromatic rings. The Kier molecular flexibility index (Phi) is 11.3. The molecule has 9 nitrogen and oxygen atoms in total. The molecule has 0 radical (unpaired) electrons. The van der Waals surface area contributed by atoms with Crippen LogP contribution in [0.4, 0.5) is 13.2 Å². The third-order valence-corrected chi connectivity index (χ3v) is 5.87. The highest BCUT2D eigenvalue weighted by Crippen LogP contribution is 2.35. The number of carbonyl (C=O) groups excluding carboxylic acids is 3. The number of rotatable bonds is 14. The van der Waals surface area contributed by atoms with Crippen LogP contribution in [0.25, 0.3) is 0 Å². The molecule has 0 aliphatic rings. The van der Waals surface area contributed by atoms with E-state index >= 15 is 0 Å². The standard InChI is InChI=1S/C30H30F3NO8/c1-17(14-23(36)27-29(41-19(3)35)24(38-4)12-13-34-27)30(37)40-18(2)28(42-21-8-6-5-7-9-21)22-11-10-20(31)15-25(22)39-16-26(32)33/h5-13,15,17-18,26,28H,14,16H2,1-4H3/t17-,18+,28+/m1/s1. The normalized spacial score (nSPS) is 13.0. The average Bonchev–Trinajstić information content (AvgIpc) is 2.95. The minimum Gasteiger partial charge on any atom is -0.493 e. The van der Waals surface area contributed by atoms with E-state index in [1.807, 2.05) is 0 Å². The first-order valence-corrected chi connectivity index (χ1v) is 12.9. The van der Waals surface area contributed by atoms with E-state index in [1.165, 1.54) is 39.3 Å².